The fraction of sp³-hybridized carbons (Fsp3) is 0.400. The number of aromatic nitrogens is 2. The van der Waals surface area contributed by atoms with E-state index in [0.29, 0.717) is 6.04 Å². The second-order valence-corrected chi connectivity index (χ2v) is 6.60. The molecular formula is C15H17BrClN3. The molecule has 1 aliphatic carbocycles. The Hall–Kier alpha value is -0.840. The van der Waals surface area contributed by atoms with Crippen LogP contribution in [0.1, 0.15) is 29.9 Å². The number of nitrogens with zero attached hydrogens (tertiary/aromatic N) is 2. The predicted octanol–water partition coefficient (Wildman–Crippen LogP) is 3.91. The summed E-state index contributed by atoms with van der Waals surface area (Å²) < 4.78 is 3.23. The van der Waals surface area contributed by atoms with Gasteiger partial charge in [-0.1, -0.05) is 33.6 Å². The van der Waals surface area contributed by atoms with Crippen molar-refractivity contribution >= 4 is 27.5 Å². The largest absolute Gasteiger partial charge is 0.327 e. The summed E-state index contributed by atoms with van der Waals surface area (Å²) >= 11 is 9.75. The molecule has 1 aliphatic rings. The summed E-state index contributed by atoms with van der Waals surface area (Å²) in [5, 5.41) is 4.32. The van der Waals surface area contributed by atoms with Crippen LogP contribution in [0, 0.1) is 6.92 Å². The zero-order valence-electron chi connectivity index (χ0n) is 11.4. The van der Waals surface area contributed by atoms with Gasteiger partial charge in [0.05, 0.1) is 12.2 Å². The fourth-order valence-corrected chi connectivity index (χ4v) is 2.96. The summed E-state index contributed by atoms with van der Waals surface area (Å²) in [5.74, 6) is 1.02. The monoisotopic (exact) mass is 353 g/mol. The predicted molar refractivity (Wildman–Crippen MR) is 85.1 cm³/mol. The van der Waals surface area contributed by atoms with E-state index >= 15 is 0 Å². The average Bonchev–Trinajstić information content (AvgIpc) is 3.17. The molecule has 20 heavy (non-hydrogen) atoms. The maximum Gasteiger partial charge on any atom is 0.106 e. The molecule has 3 rings (SSSR count). The number of halogens is 2. The van der Waals surface area contributed by atoms with E-state index < -0.39 is 0 Å². The van der Waals surface area contributed by atoms with Crippen LogP contribution < -0.4 is 5.32 Å². The molecular weight excluding hydrogens is 338 g/mol. The molecule has 1 heterocycles. The standard InChI is InChI=1S/C15H17BrClN3/c1-10-18-7-14(8-19-13-4-5-13)20(10)9-11-2-3-12(16)6-15(11)17/h2-3,6-7,13,19H,4-5,8-9H2,1H3. The lowest BCUT2D eigenvalue weighted by atomic mass is 10.2. The van der Waals surface area contributed by atoms with Gasteiger partial charge >= 0.3 is 0 Å². The van der Waals surface area contributed by atoms with Crippen LogP contribution in [0.25, 0.3) is 0 Å². The number of imidazole rings is 1. The Bertz CT molecular complexity index is 620. The number of benzene rings is 1. The highest BCUT2D eigenvalue weighted by molar-refractivity contribution is 9.10. The molecule has 0 aliphatic heterocycles. The van der Waals surface area contributed by atoms with E-state index in [2.05, 4.69) is 36.9 Å². The van der Waals surface area contributed by atoms with Gasteiger partial charge in [-0.3, -0.25) is 0 Å². The van der Waals surface area contributed by atoms with Gasteiger partial charge in [0.1, 0.15) is 5.82 Å². The Balaban J connectivity index is 1.79. The average molecular weight is 355 g/mol. The van der Waals surface area contributed by atoms with Crippen LogP contribution in [-0.2, 0) is 13.1 Å². The molecule has 0 bridgehead atoms. The van der Waals surface area contributed by atoms with Gasteiger partial charge in [0, 0.05) is 28.3 Å². The maximum atomic E-state index is 6.31. The lowest BCUT2D eigenvalue weighted by Gasteiger charge is -2.12. The van der Waals surface area contributed by atoms with Gasteiger partial charge in [-0.15, -0.1) is 0 Å². The normalized spacial score (nSPS) is 14.8. The molecule has 5 heteroatoms. The Kier molecular flexibility index (Phi) is 4.15. The lowest BCUT2D eigenvalue weighted by molar-refractivity contribution is 0.627. The van der Waals surface area contributed by atoms with Crippen LogP contribution in [0.5, 0.6) is 0 Å². The van der Waals surface area contributed by atoms with Crippen molar-refractivity contribution in [3.8, 4) is 0 Å². The van der Waals surface area contributed by atoms with E-state index in [1.807, 2.05) is 25.3 Å². The molecule has 0 atom stereocenters. The zero-order chi connectivity index (χ0) is 14.1. The molecule has 1 saturated carbocycles. The fourth-order valence-electron chi connectivity index (χ4n) is 2.23. The molecule has 3 nitrogen and oxygen atoms in total. The van der Waals surface area contributed by atoms with E-state index in [1.165, 1.54) is 18.5 Å². The molecule has 106 valence electrons. The molecule has 0 spiro atoms. The second kappa shape index (κ2) is 5.88. The van der Waals surface area contributed by atoms with Crippen molar-refractivity contribution in [2.24, 2.45) is 0 Å². The Labute approximate surface area is 132 Å². The van der Waals surface area contributed by atoms with Gasteiger partial charge in [-0.05, 0) is 37.5 Å². The molecule has 1 N–H and O–H groups in total. The molecule has 2 aromatic rings. The van der Waals surface area contributed by atoms with Crippen molar-refractivity contribution in [2.45, 2.75) is 38.9 Å². The maximum absolute atomic E-state index is 6.31. The highest BCUT2D eigenvalue weighted by Crippen LogP contribution is 2.23. The first-order valence-electron chi connectivity index (χ1n) is 6.82. The molecule has 1 aromatic heterocycles. The van der Waals surface area contributed by atoms with Gasteiger partial charge in [-0.25, -0.2) is 4.98 Å². The highest BCUT2D eigenvalue weighted by Gasteiger charge is 2.21. The lowest BCUT2D eigenvalue weighted by Crippen LogP contribution is -2.18. The van der Waals surface area contributed by atoms with E-state index in [-0.39, 0.29) is 0 Å². The SMILES string of the molecule is Cc1ncc(CNC2CC2)n1Cc1ccc(Br)cc1Cl. The minimum atomic E-state index is 0.704. The summed E-state index contributed by atoms with van der Waals surface area (Å²) in [5.41, 5.74) is 2.33. The third-order valence-corrected chi connectivity index (χ3v) is 4.48. The molecule has 0 saturated heterocycles. The summed E-state index contributed by atoms with van der Waals surface area (Å²) in [6.45, 7) is 3.67. The zero-order valence-corrected chi connectivity index (χ0v) is 13.7. The first-order valence-corrected chi connectivity index (χ1v) is 7.99. The van der Waals surface area contributed by atoms with Gasteiger partial charge in [0.15, 0.2) is 0 Å². The molecule has 1 aromatic carbocycles. The minimum Gasteiger partial charge on any atom is -0.327 e. The van der Waals surface area contributed by atoms with Crippen molar-refractivity contribution in [1.29, 1.82) is 0 Å². The van der Waals surface area contributed by atoms with Gasteiger partial charge < -0.3 is 9.88 Å². The van der Waals surface area contributed by atoms with Crippen LogP contribution in [0.2, 0.25) is 5.02 Å². The quantitative estimate of drug-likeness (QED) is 0.882. The Morgan fingerprint density at radius 1 is 1.45 bits per heavy atom. The number of hydrogen-bond donors (Lipinski definition) is 1. The first kappa shape index (κ1) is 14.1. The second-order valence-electron chi connectivity index (χ2n) is 5.27. The van der Waals surface area contributed by atoms with Gasteiger partial charge in [0.2, 0.25) is 0 Å². The van der Waals surface area contributed by atoms with Crippen molar-refractivity contribution in [1.82, 2.24) is 14.9 Å². The smallest absolute Gasteiger partial charge is 0.106 e. The minimum absolute atomic E-state index is 0.704. The summed E-state index contributed by atoms with van der Waals surface area (Å²) in [6, 6.07) is 6.72. The number of hydrogen-bond acceptors (Lipinski definition) is 2. The van der Waals surface area contributed by atoms with Crippen molar-refractivity contribution in [2.75, 3.05) is 0 Å². The summed E-state index contributed by atoms with van der Waals surface area (Å²) in [6.07, 6.45) is 4.55. The number of nitrogens with one attached hydrogen (secondary N) is 1. The molecule has 0 radical (unpaired) electrons. The highest BCUT2D eigenvalue weighted by atomic mass is 79.9. The van der Waals surface area contributed by atoms with Crippen molar-refractivity contribution in [3.05, 3.63) is 51.0 Å². The third-order valence-electron chi connectivity index (χ3n) is 3.63. The molecule has 0 unspecified atom stereocenters. The van der Waals surface area contributed by atoms with Crippen LogP contribution in [0.15, 0.2) is 28.9 Å². The van der Waals surface area contributed by atoms with Gasteiger partial charge in [-0.2, -0.15) is 0 Å². The van der Waals surface area contributed by atoms with E-state index in [1.54, 1.807) is 0 Å². The van der Waals surface area contributed by atoms with Crippen LogP contribution >= 0.6 is 27.5 Å². The Morgan fingerprint density at radius 3 is 2.95 bits per heavy atom. The molecule has 1 fully saturated rings. The number of rotatable bonds is 5. The third kappa shape index (κ3) is 3.25. The van der Waals surface area contributed by atoms with Gasteiger partial charge in [0.25, 0.3) is 0 Å². The summed E-state index contributed by atoms with van der Waals surface area (Å²) in [4.78, 5) is 4.43. The van der Waals surface area contributed by atoms with E-state index in [4.69, 9.17) is 11.6 Å². The number of aryl methyl sites for hydroxylation is 1. The Morgan fingerprint density at radius 2 is 2.25 bits per heavy atom. The van der Waals surface area contributed by atoms with Crippen LogP contribution in [0.3, 0.4) is 0 Å². The van der Waals surface area contributed by atoms with Crippen molar-refractivity contribution < 1.29 is 0 Å². The topological polar surface area (TPSA) is 29.9 Å². The summed E-state index contributed by atoms with van der Waals surface area (Å²) in [7, 11) is 0. The van der Waals surface area contributed by atoms with Crippen LogP contribution in [0.4, 0.5) is 0 Å². The van der Waals surface area contributed by atoms with E-state index in [0.717, 1.165) is 34.0 Å². The molecule has 0 amide bonds. The van der Waals surface area contributed by atoms with E-state index in [9.17, 15) is 0 Å². The van der Waals surface area contributed by atoms with Crippen molar-refractivity contribution in [3.63, 3.8) is 0 Å². The first-order chi connectivity index (χ1) is 9.63. The van der Waals surface area contributed by atoms with Crippen LogP contribution in [-0.4, -0.2) is 15.6 Å².